The molecule has 1 saturated heterocycles. The summed E-state index contributed by atoms with van der Waals surface area (Å²) < 4.78 is 2.39. The molecule has 0 aromatic carbocycles. The Hall–Kier alpha value is -1.03. The molecule has 2 heterocycles. The highest BCUT2D eigenvalue weighted by Crippen LogP contribution is 2.38. The summed E-state index contributed by atoms with van der Waals surface area (Å²) in [6.45, 7) is 4.25. The molecule has 1 atom stereocenters. The molecular formula is C13H22N4. The molecule has 4 nitrogen and oxygen atoms in total. The molecule has 0 radical (unpaired) electrons. The van der Waals surface area contributed by atoms with Crippen molar-refractivity contribution >= 4 is 5.95 Å². The quantitative estimate of drug-likeness (QED) is 0.866. The Morgan fingerprint density at radius 2 is 2.24 bits per heavy atom. The van der Waals surface area contributed by atoms with Crippen molar-refractivity contribution in [2.75, 3.05) is 18.0 Å². The van der Waals surface area contributed by atoms with Gasteiger partial charge in [0.05, 0.1) is 5.69 Å². The van der Waals surface area contributed by atoms with E-state index in [0.29, 0.717) is 12.1 Å². The summed E-state index contributed by atoms with van der Waals surface area (Å²) in [7, 11) is 0. The van der Waals surface area contributed by atoms with Gasteiger partial charge in [0.25, 0.3) is 0 Å². The average Bonchev–Trinajstić information content (AvgIpc) is 3.08. The van der Waals surface area contributed by atoms with Gasteiger partial charge in [-0.15, -0.1) is 0 Å². The minimum absolute atomic E-state index is 0.318. The fourth-order valence-corrected chi connectivity index (χ4v) is 2.65. The summed E-state index contributed by atoms with van der Waals surface area (Å²) in [5, 5.41) is 0. The van der Waals surface area contributed by atoms with Crippen molar-refractivity contribution in [3.8, 4) is 0 Å². The van der Waals surface area contributed by atoms with Crippen LogP contribution in [0.25, 0.3) is 0 Å². The molecule has 1 aliphatic carbocycles. The molecule has 1 aromatic rings. The van der Waals surface area contributed by atoms with E-state index >= 15 is 0 Å². The van der Waals surface area contributed by atoms with Gasteiger partial charge >= 0.3 is 0 Å². The molecule has 0 amide bonds. The van der Waals surface area contributed by atoms with E-state index < -0.39 is 0 Å². The van der Waals surface area contributed by atoms with E-state index in [2.05, 4.69) is 22.6 Å². The van der Waals surface area contributed by atoms with Crippen LogP contribution >= 0.6 is 0 Å². The fourth-order valence-electron chi connectivity index (χ4n) is 2.65. The molecule has 1 aliphatic heterocycles. The zero-order valence-electron chi connectivity index (χ0n) is 10.6. The Kier molecular flexibility index (Phi) is 2.82. The van der Waals surface area contributed by atoms with Crippen molar-refractivity contribution in [3.05, 3.63) is 11.9 Å². The number of rotatable bonds is 3. The molecule has 3 rings (SSSR count). The lowest BCUT2D eigenvalue weighted by atomic mass is 10.1. The molecule has 1 saturated carbocycles. The molecule has 2 fully saturated rings. The molecule has 2 aliphatic rings. The average molecular weight is 234 g/mol. The van der Waals surface area contributed by atoms with E-state index in [9.17, 15) is 0 Å². The van der Waals surface area contributed by atoms with Crippen molar-refractivity contribution in [1.82, 2.24) is 9.55 Å². The highest BCUT2D eigenvalue weighted by molar-refractivity contribution is 5.36. The van der Waals surface area contributed by atoms with E-state index in [4.69, 9.17) is 10.7 Å². The summed E-state index contributed by atoms with van der Waals surface area (Å²) >= 11 is 0. The lowest BCUT2D eigenvalue weighted by Gasteiger charge is -2.31. The molecule has 2 N–H and O–H groups in total. The lowest BCUT2D eigenvalue weighted by Crippen LogP contribution is -2.43. The van der Waals surface area contributed by atoms with Crippen LogP contribution in [-0.4, -0.2) is 28.7 Å². The van der Waals surface area contributed by atoms with E-state index in [1.165, 1.54) is 30.9 Å². The first-order valence-electron chi connectivity index (χ1n) is 6.86. The summed E-state index contributed by atoms with van der Waals surface area (Å²) in [4.78, 5) is 7.16. The second kappa shape index (κ2) is 4.33. The maximum Gasteiger partial charge on any atom is 0.206 e. The summed E-state index contributed by atoms with van der Waals surface area (Å²) in [5.41, 5.74) is 7.28. The normalized spacial score (nSPS) is 25.3. The largest absolute Gasteiger partial charge is 0.341 e. The first-order chi connectivity index (χ1) is 8.28. The van der Waals surface area contributed by atoms with Gasteiger partial charge in [-0.2, -0.15) is 0 Å². The Balaban J connectivity index is 1.86. The van der Waals surface area contributed by atoms with Gasteiger partial charge < -0.3 is 15.2 Å². The maximum absolute atomic E-state index is 6.06. The summed E-state index contributed by atoms with van der Waals surface area (Å²) in [6, 6.07) is 1.02. The molecule has 94 valence electrons. The van der Waals surface area contributed by atoms with Crippen LogP contribution in [0, 0.1) is 0 Å². The molecule has 0 spiro atoms. The Morgan fingerprint density at radius 3 is 2.88 bits per heavy atom. The third-order valence-electron chi connectivity index (χ3n) is 3.81. The molecule has 17 heavy (non-hydrogen) atoms. The van der Waals surface area contributed by atoms with Gasteiger partial charge in [-0.05, 0) is 32.1 Å². The van der Waals surface area contributed by atoms with Crippen molar-refractivity contribution in [2.24, 2.45) is 5.73 Å². The van der Waals surface area contributed by atoms with Crippen LogP contribution < -0.4 is 10.6 Å². The van der Waals surface area contributed by atoms with Gasteiger partial charge in [0, 0.05) is 31.4 Å². The number of aryl methyl sites for hydroxylation is 1. The second-order valence-electron chi connectivity index (χ2n) is 5.37. The van der Waals surface area contributed by atoms with Crippen molar-refractivity contribution in [2.45, 2.75) is 51.1 Å². The molecule has 4 heteroatoms. The minimum Gasteiger partial charge on any atom is -0.341 e. The van der Waals surface area contributed by atoms with Crippen molar-refractivity contribution < 1.29 is 0 Å². The van der Waals surface area contributed by atoms with Crippen LogP contribution in [0.15, 0.2) is 6.20 Å². The standard InChI is InChI=1S/C13H22N4/c1-2-11-9-17(12-5-6-12)13(15-11)16-7-3-4-10(14)8-16/h9-10,12H,2-8,14H2,1H3. The Bertz CT molecular complexity index is 394. The highest BCUT2D eigenvalue weighted by atomic mass is 15.3. The van der Waals surface area contributed by atoms with Gasteiger partial charge in [0.1, 0.15) is 0 Å². The molecule has 0 bridgehead atoms. The summed E-state index contributed by atoms with van der Waals surface area (Å²) in [5.74, 6) is 1.17. The predicted octanol–water partition coefficient (Wildman–Crippen LogP) is 1.71. The van der Waals surface area contributed by atoms with Crippen LogP contribution in [-0.2, 0) is 6.42 Å². The minimum atomic E-state index is 0.318. The molecule has 1 aromatic heterocycles. The van der Waals surface area contributed by atoms with Crippen LogP contribution in [0.4, 0.5) is 5.95 Å². The van der Waals surface area contributed by atoms with Crippen LogP contribution in [0.5, 0.6) is 0 Å². The molecule has 1 unspecified atom stereocenters. The van der Waals surface area contributed by atoms with E-state index in [0.717, 1.165) is 25.9 Å². The number of nitrogens with zero attached hydrogens (tertiary/aromatic N) is 3. The zero-order chi connectivity index (χ0) is 11.8. The number of anilines is 1. The van der Waals surface area contributed by atoms with Crippen LogP contribution in [0.1, 0.15) is 44.3 Å². The SMILES string of the molecule is CCc1cn(C2CC2)c(N2CCCC(N)C2)n1. The number of aromatic nitrogens is 2. The maximum atomic E-state index is 6.06. The van der Waals surface area contributed by atoms with Crippen molar-refractivity contribution in [3.63, 3.8) is 0 Å². The van der Waals surface area contributed by atoms with Gasteiger partial charge in [-0.25, -0.2) is 4.98 Å². The van der Waals surface area contributed by atoms with Gasteiger partial charge in [0.2, 0.25) is 5.95 Å². The Labute approximate surface area is 103 Å². The number of nitrogens with two attached hydrogens (primary N) is 1. The van der Waals surface area contributed by atoms with Gasteiger partial charge in [0.15, 0.2) is 0 Å². The summed E-state index contributed by atoms with van der Waals surface area (Å²) in [6.07, 6.45) is 8.24. The third kappa shape index (κ3) is 2.18. The van der Waals surface area contributed by atoms with E-state index in [-0.39, 0.29) is 0 Å². The van der Waals surface area contributed by atoms with Gasteiger partial charge in [-0.3, -0.25) is 0 Å². The number of imidazole rings is 1. The lowest BCUT2D eigenvalue weighted by molar-refractivity contribution is 0.493. The predicted molar refractivity (Wildman–Crippen MR) is 69.3 cm³/mol. The fraction of sp³-hybridized carbons (Fsp3) is 0.769. The van der Waals surface area contributed by atoms with E-state index in [1.807, 2.05) is 0 Å². The second-order valence-corrected chi connectivity index (χ2v) is 5.37. The molecular weight excluding hydrogens is 212 g/mol. The number of hydrogen-bond donors (Lipinski definition) is 1. The number of hydrogen-bond acceptors (Lipinski definition) is 3. The smallest absolute Gasteiger partial charge is 0.206 e. The van der Waals surface area contributed by atoms with E-state index in [1.54, 1.807) is 0 Å². The van der Waals surface area contributed by atoms with Crippen molar-refractivity contribution in [1.29, 1.82) is 0 Å². The zero-order valence-corrected chi connectivity index (χ0v) is 10.6. The highest BCUT2D eigenvalue weighted by Gasteiger charge is 2.29. The Morgan fingerprint density at radius 1 is 1.41 bits per heavy atom. The first kappa shape index (κ1) is 11.1. The number of piperidine rings is 1. The monoisotopic (exact) mass is 234 g/mol. The van der Waals surface area contributed by atoms with Crippen LogP contribution in [0.2, 0.25) is 0 Å². The first-order valence-corrected chi connectivity index (χ1v) is 6.86. The third-order valence-corrected chi connectivity index (χ3v) is 3.81. The van der Waals surface area contributed by atoms with Gasteiger partial charge in [-0.1, -0.05) is 6.92 Å². The topological polar surface area (TPSA) is 47.1 Å². The van der Waals surface area contributed by atoms with Crippen LogP contribution in [0.3, 0.4) is 0 Å².